The molecule has 0 radical (unpaired) electrons. The van der Waals surface area contributed by atoms with E-state index in [1.165, 1.54) is 19.3 Å². The van der Waals surface area contributed by atoms with Crippen molar-refractivity contribution in [3.05, 3.63) is 65.5 Å². The van der Waals surface area contributed by atoms with Crippen LogP contribution in [-0.4, -0.2) is 12.6 Å². The van der Waals surface area contributed by atoms with E-state index in [9.17, 15) is 4.79 Å². The van der Waals surface area contributed by atoms with Crippen LogP contribution in [0.3, 0.4) is 0 Å². The van der Waals surface area contributed by atoms with E-state index in [1.807, 2.05) is 0 Å². The molecular formula is C20H21NO3. The molecule has 0 saturated carbocycles. The van der Waals surface area contributed by atoms with Gasteiger partial charge in [-0.3, -0.25) is 0 Å². The molecule has 0 amide bonds. The second kappa shape index (κ2) is 9.36. The molecule has 2 aromatic carbocycles. The van der Waals surface area contributed by atoms with Crippen LogP contribution in [0, 0.1) is 6.57 Å². The molecule has 0 saturated heterocycles. The quantitative estimate of drug-likeness (QED) is 0.282. The molecule has 0 unspecified atom stereocenters. The molecule has 0 aliphatic rings. The first kappa shape index (κ1) is 17.6. The van der Waals surface area contributed by atoms with E-state index in [1.54, 1.807) is 48.5 Å². The summed E-state index contributed by atoms with van der Waals surface area (Å²) >= 11 is 0. The second-order valence-corrected chi connectivity index (χ2v) is 5.43. The van der Waals surface area contributed by atoms with Crippen molar-refractivity contribution in [3.8, 4) is 11.5 Å². The van der Waals surface area contributed by atoms with Gasteiger partial charge >= 0.3 is 5.97 Å². The van der Waals surface area contributed by atoms with E-state index in [4.69, 9.17) is 16.0 Å². The van der Waals surface area contributed by atoms with Crippen LogP contribution in [0.5, 0.6) is 11.5 Å². The molecule has 0 aliphatic heterocycles. The lowest BCUT2D eigenvalue weighted by Crippen LogP contribution is -2.08. The fourth-order valence-electron chi connectivity index (χ4n) is 2.16. The zero-order valence-electron chi connectivity index (χ0n) is 13.8. The third-order valence-corrected chi connectivity index (χ3v) is 3.53. The lowest BCUT2D eigenvalue weighted by molar-refractivity contribution is 0.0734. The van der Waals surface area contributed by atoms with Crippen molar-refractivity contribution in [3.63, 3.8) is 0 Å². The molecule has 24 heavy (non-hydrogen) atoms. The standard InChI is InChI=1S/C20H21NO3/c1-3-4-5-6-15-23-18-11-13-19(14-12-18)24-20(22)16-7-9-17(21-2)10-8-16/h7-14H,3-6,15H2,1H3. The van der Waals surface area contributed by atoms with Gasteiger partial charge in [-0.05, 0) is 30.7 Å². The molecule has 4 heteroatoms. The molecule has 0 aromatic heterocycles. The van der Waals surface area contributed by atoms with Crippen LogP contribution in [0.2, 0.25) is 0 Å². The largest absolute Gasteiger partial charge is 0.494 e. The van der Waals surface area contributed by atoms with Crippen molar-refractivity contribution in [1.82, 2.24) is 0 Å². The Morgan fingerprint density at radius 3 is 2.25 bits per heavy atom. The van der Waals surface area contributed by atoms with Crippen LogP contribution in [0.25, 0.3) is 4.85 Å². The number of esters is 1. The van der Waals surface area contributed by atoms with Crippen molar-refractivity contribution in [1.29, 1.82) is 0 Å². The van der Waals surface area contributed by atoms with Crippen LogP contribution in [-0.2, 0) is 0 Å². The number of carbonyl (C=O) groups excluding carboxylic acids is 1. The third-order valence-electron chi connectivity index (χ3n) is 3.53. The van der Waals surface area contributed by atoms with Crippen molar-refractivity contribution < 1.29 is 14.3 Å². The fourth-order valence-corrected chi connectivity index (χ4v) is 2.16. The average Bonchev–Trinajstić information content (AvgIpc) is 2.63. The summed E-state index contributed by atoms with van der Waals surface area (Å²) in [5.74, 6) is 0.792. The maximum absolute atomic E-state index is 12.0. The van der Waals surface area contributed by atoms with Gasteiger partial charge in [-0.1, -0.05) is 50.5 Å². The van der Waals surface area contributed by atoms with Gasteiger partial charge in [0.25, 0.3) is 0 Å². The van der Waals surface area contributed by atoms with Gasteiger partial charge in [0.15, 0.2) is 5.69 Å². The molecule has 0 spiro atoms. The molecule has 2 rings (SSSR count). The molecular weight excluding hydrogens is 302 g/mol. The molecule has 0 aliphatic carbocycles. The highest BCUT2D eigenvalue weighted by molar-refractivity contribution is 5.91. The Morgan fingerprint density at radius 2 is 1.62 bits per heavy atom. The predicted molar refractivity (Wildman–Crippen MR) is 93.7 cm³/mol. The van der Waals surface area contributed by atoms with Crippen LogP contribution in [0.15, 0.2) is 48.5 Å². The van der Waals surface area contributed by atoms with Gasteiger partial charge < -0.3 is 9.47 Å². The van der Waals surface area contributed by atoms with E-state index in [0.717, 1.165) is 12.2 Å². The molecule has 0 atom stereocenters. The molecule has 124 valence electrons. The maximum Gasteiger partial charge on any atom is 0.343 e. The SMILES string of the molecule is [C-]#[N+]c1ccc(C(=O)Oc2ccc(OCCCCCC)cc2)cc1. The van der Waals surface area contributed by atoms with Gasteiger partial charge in [-0.15, -0.1) is 0 Å². The summed E-state index contributed by atoms with van der Waals surface area (Å²) in [6.45, 7) is 9.78. The maximum atomic E-state index is 12.0. The molecule has 0 heterocycles. The molecule has 0 fully saturated rings. The summed E-state index contributed by atoms with van der Waals surface area (Å²) in [5, 5.41) is 0. The highest BCUT2D eigenvalue weighted by Crippen LogP contribution is 2.20. The molecule has 0 N–H and O–H groups in total. The number of rotatable bonds is 8. The number of benzene rings is 2. The van der Waals surface area contributed by atoms with Gasteiger partial charge in [-0.2, -0.15) is 0 Å². The van der Waals surface area contributed by atoms with Gasteiger partial charge in [-0.25, -0.2) is 9.64 Å². The normalized spacial score (nSPS) is 10.0. The Balaban J connectivity index is 1.84. The molecule has 4 nitrogen and oxygen atoms in total. The van der Waals surface area contributed by atoms with Crippen LogP contribution in [0.4, 0.5) is 5.69 Å². The van der Waals surface area contributed by atoms with E-state index in [0.29, 0.717) is 23.6 Å². The van der Waals surface area contributed by atoms with E-state index >= 15 is 0 Å². The minimum Gasteiger partial charge on any atom is -0.494 e. The molecule has 0 bridgehead atoms. The Hall–Kier alpha value is -2.80. The molecule has 2 aromatic rings. The topological polar surface area (TPSA) is 39.9 Å². The fraction of sp³-hybridized carbons (Fsp3) is 0.300. The first-order chi connectivity index (χ1) is 11.7. The number of ether oxygens (including phenoxy) is 2. The third kappa shape index (κ3) is 5.44. The summed E-state index contributed by atoms with van der Waals surface area (Å²) < 4.78 is 11.0. The van der Waals surface area contributed by atoms with Gasteiger partial charge in [0, 0.05) is 0 Å². The Labute approximate surface area is 142 Å². The lowest BCUT2D eigenvalue weighted by Gasteiger charge is -2.08. The minimum absolute atomic E-state index is 0.415. The van der Waals surface area contributed by atoms with Crippen molar-refractivity contribution in [2.45, 2.75) is 32.6 Å². The highest BCUT2D eigenvalue weighted by Gasteiger charge is 2.08. The first-order valence-corrected chi connectivity index (χ1v) is 8.15. The Morgan fingerprint density at radius 1 is 0.958 bits per heavy atom. The number of hydrogen-bond acceptors (Lipinski definition) is 3. The van der Waals surface area contributed by atoms with E-state index in [2.05, 4.69) is 11.8 Å². The zero-order valence-corrected chi connectivity index (χ0v) is 13.8. The number of nitrogens with zero attached hydrogens (tertiary/aromatic N) is 1. The minimum atomic E-state index is -0.445. The lowest BCUT2D eigenvalue weighted by atomic mass is 10.2. The van der Waals surface area contributed by atoms with Gasteiger partial charge in [0.2, 0.25) is 0 Å². The van der Waals surface area contributed by atoms with Crippen LogP contribution >= 0.6 is 0 Å². The second-order valence-electron chi connectivity index (χ2n) is 5.43. The first-order valence-electron chi connectivity index (χ1n) is 8.15. The zero-order chi connectivity index (χ0) is 17.2. The summed E-state index contributed by atoms with van der Waals surface area (Å²) in [7, 11) is 0. The number of carbonyl (C=O) groups is 1. The van der Waals surface area contributed by atoms with E-state index in [-0.39, 0.29) is 0 Å². The van der Waals surface area contributed by atoms with Crippen LogP contribution < -0.4 is 9.47 Å². The summed E-state index contributed by atoms with van der Waals surface area (Å²) in [6.07, 6.45) is 4.67. The summed E-state index contributed by atoms with van der Waals surface area (Å²) in [5.41, 5.74) is 0.908. The van der Waals surface area contributed by atoms with Gasteiger partial charge in [0.1, 0.15) is 11.5 Å². The van der Waals surface area contributed by atoms with E-state index < -0.39 is 5.97 Å². The Kier molecular flexibility index (Phi) is 6.85. The smallest absolute Gasteiger partial charge is 0.343 e. The number of hydrogen-bond donors (Lipinski definition) is 0. The van der Waals surface area contributed by atoms with Crippen LogP contribution in [0.1, 0.15) is 43.0 Å². The predicted octanol–water partition coefficient (Wildman–Crippen LogP) is 5.42. The van der Waals surface area contributed by atoms with Crippen molar-refractivity contribution in [2.24, 2.45) is 0 Å². The van der Waals surface area contributed by atoms with Gasteiger partial charge in [0.05, 0.1) is 18.7 Å². The van der Waals surface area contributed by atoms with Crippen molar-refractivity contribution in [2.75, 3.05) is 6.61 Å². The Bertz CT molecular complexity index is 684. The summed E-state index contributed by atoms with van der Waals surface area (Å²) in [6, 6.07) is 13.4. The average molecular weight is 323 g/mol. The van der Waals surface area contributed by atoms with Crippen molar-refractivity contribution >= 4 is 11.7 Å². The highest BCUT2D eigenvalue weighted by atomic mass is 16.5. The number of unbranched alkanes of at least 4 members (excludes halogenated alkanes) is 3. The summed E-state index contributed by atoms with van der Waals surface area (Å²) in [4.78, 5) is 15.3. The monoisotopic (exact) mass is 323 g/mol.